The third-order valence-corrected chi connectivity index (χ3v) is 3.72. The number of ether oxygens (including phenoxy) is 3. The number of methoxy groups -OCH3 is 2. The molecule has 1 N–H and O–H groups in total. The van der Waals surface area contributed by atoms with Gasteiger partial charge in [0.25, 0.3) is 0 Å². The van der Waals surface area contributed by atoms with Crippen LogP contribution in [0.1, 0.15) is 5.56 Å². The molecule has 0 radical (unpaired) electrons. The Morgan fingerprint density at radius 2 is 2.05 bits per heavy atom. The van der Waals surface area contributed by atoms with E-state index in [9.17, 15) is 5.11 Å². The van der Waals surface area contributed by atoms with Gasteiger partial charge < -0.3 is 19.3 Å². The molecule has 0 bridgehead atoms. The van der Waals surface area contributed by atoms with E-state index in [2.05, 4.69) is 6.07 Å². The molecule has 2 aromatic rings. The van der Waals surface area contributed by atoms with Crippen LogP contribution < -0.4 is 14.2 Å². The number of aliphatic hydroxyl groups excluding tert-OH is 1. The van der Waals surface area contributed by atoms with Crippen LogP contribution in [0.2, 0.25) is 0 Å². The maximum absolute atomic E-state index is 9.21. The summed E-state index contributed by atoms with van der Waals surface area (Å²) in [6.07, 6.45) is 0.592. The molecule has 2 aromatic carbocycles. The van der Waals surface area contributed by atoms with Crippen molar-refractivity contribution in [3.8, 4) is 28.4 Å². The van der Waals surface area contributed by atoms with Crippen molar-refractivity contribution in [2.75, 3.05) is 20.8 Å². The van der Waals surface area contributed by atoms with Crippen molar-refractivity contribution in [3.05, 3.63) is 42.0 Å². The topological polar surface area (TPSA) is 47.9 Å². The SMILES string of the molecule is COc1cccc(-c2ccc3c(c2)CC(CO)O3)c1OC. The van der Waals surface area contributed by atoms with E-state index in [-0.39, 0.29) is 12.7 Å². The zero-order valence-electron chi connectivity index (χ0n) is 12.1. The van der Waals surface area contributed by atoms with Gasteiger partial charge in [-0.3, -0.25) is 0 Å². The number of hydrogen-bond acceptors (Lipinski definition) is 4. The van der Waals surface area contributed by atoms with Crippen LogP contribution in [0, 0.1) is 0 Å². The van der Waals surface area contributed by atoms with Crippen LogP contribution in [0.15, 0.2) is 36.4 Å². The number of para-hydroxylation sites is 1. The first-order chi connectivity index (χ1) is 10.3. The Kier molecular flexibility index (Phi) is 3.71. The van der Waals surface area contributed by atoms with Gasteiger partial charge in [0, 0.05) is 12.0 Å². The molecule has 1 heterocycles. The molecule has 1 aliphatic rings. The Morgan fingerprint density at radius 1 is 1.19 bits per heavy atom. The second-order valence-electron chi connectivity index (χ2n) is 4.99. The van der Waals surface area contributed by atoms with Crippen LogP contribution in [0.25, 0.3) is 11.1 Å². The van der Waals surface area contributed by atoms with Crippen molar-refractivity contribution in [1.29, 1.82) is 0 Å². The smallest absolute Gasteiger partial charge is 0.168 e. The molecule has 0 saturated carbocycles. The Bertz CT molecular complexity index is 651. The van der Waals surface area contributed by atoms with Crippen molar-refractivity contribution < 1.29 is 19.3 Å². The van der Waals surface area contributed by atoms with Crippen LogP contribution in [0.5, 0.6) is 17.2 Å². The van der Waals surface area contributed by atoms with E-state index >= 15 is 0 Å². The van der Waals surface area contributed by atoms with Gasteiger partial charge in [0.15, 0.2) is 11.5 Å². The fourth-order valence-electron chi connectivity index (χ4n) is 2.70. The molecule has 4 nitrogen and oxygen atoms in total. The first-order valence-electron chi connectivity index (χ1n) is 6.88. The lowest BCUT2D eigenvalue weighted by Crippen LogP contribution is -2.17. The minimum Gasteiger partial charge on any atom is -0.493 e. The summed E-state index contributed by atoms with van der Waals surface area (Å²) in [6, 6.07) is 11.8. The second-order valence-corrected chi connectivity index (χ2v) is 4.99. The van der Waals surface area contributed by atoms with E-state index in [0.29, 0.717) is 5.75 Å². The van der Waals surface area contributed by atoms with Crippen molar-refractivity contribution >= 4 is 0 Å². The average molecular weight is 286 g/mol. The van der Waals surface area contributed by atoms with Gasteiger partial charge in [-0.15, -0.1) is 0 Å². The van der Waals surface area contributed by atoms with E-state index in [4.69, 9.17) is 14.2 Å². The number of aliphatic hydroxyl groups is 1. The van der Waals surface area contributed by atoms with E-state index in [1.165, 1.54) is 0 Å². The molecule has 0 spiro atoms. The Labute approximate surface area is 123 Å². The zero-order chi connectivity index (χ0) is 14.8. The second kappa shape index (κ2) is 5.66. The zero-order valence-corrected chi connectivity index (χ0v) is 12.1. The van der Waals surface area contributed by atoms with Crippen molar-refractivity contribution in [2.24, 2.45) is 0 Å². The third-order valence-electron chi connectivity index (χ3n) is 3.72. The third kappa shape index (κ3) is 2.43. The highest BCUT2D eigenvalue weighted by Crippen LogP contribution is 2.40. The maximum Gasteiger partial charge on any atom is 0.168 e. The molecule has 0 amide bonds. The largest absolute Gasteiger partial charge is 0.493 e. The molecule has 0 saturated heterocycles. The van der Waals surface area contributed by atoms with Crippen molar-refractivity contribution in [2.45, 2.75) is 12.5 Å². The molecule has 4 heteroatoms. The van der Waals surface area contributed by atoms with Gasteiger partial charge in [-0.25, -0.2) is 0 Å². The number of hydrogen-bond donors (Lipinski definition) is 1. The molecule has 1 unspecified atom stereocenters. The molecule has 0 aliphatic carbocycles. The summed E-state index contributed by atoms with van der Waals surface area (Å²) < 4.78 is 16.5. The summed E-state index contributed by atoms with van der Waals surface area (Å²) in [5.41, 5.74) is 3.13. The van der Waals surface area contributed by atoms with Gasteiger partial charge in [-0.1, -0.05) is 18.2 Å². The summed E-state index contributed by atoms with van der Waals surface area (Å²) in [5, 5.41) is 9.21. The van der Waals surface area contributed by atoms with Crippen LogP contribution in [0.4, 0.5) is 0 Å². The maximum atomic E-state index is 9.21. The van der Waals surface area contributed by atoms with Crippen LogP contribution in [-0.4, -0.2) is 32.0 Å². The quantitative estimate of drug-likeness (QED) is 0.938. The summed E-state index contributed by atoms with van der Waals surface area (Å²) in [7, 11) is 3.27. The van der Waals surface area contributed by atoms with Crippen LogP contribution >= 0.6 is 0 Å². The lowest BCUT2D eigenvalue weighted by atomic mass is 10.00. The summed E-state index contributed by atoms with van der Waals surface area (Å²) in [4.78, 5) is 0. The number of rotatable bonds is 4. The molecule has 1 atom stereocenters. The molecule has 3 rings (SSSR count). The predicted molar refractivity (Wildman–Crippen MR) is 80.2 cm³/mol. The molecule has 1 aliphatic heterocycles. The number of fused-ring (bicyclic) bond motifs is 1. The normalized spacial score (nSPS) is 16.2. The van der Waals surface area contributed by atoms with Crippen LogP contribution in [-0.2, 0) is 6.42 Å². The van der Waals surface area contributed by atoms with Gasteiger partial charge in [0.1, 0.15) is 11.9 Å². The van der Waals surface area contributed by atoms with Crippen LogP contribution in [0.3, 0.4) is 0 Å². The van der Waals surface area contributed by atoms with E-state index in [1.54, 1.807) is 14.2 Å². The highest BCUT2D eigenvalue weighted by Gasteiger charge is 2.23. The van der Waals surface area contributed by atoms with Crippen molar-refractivity contribution in [1.82, 2.24) is 0 Å². The van der Waals surface area contributed by atoms with Gasteiger partial charge in [-0.2, -0.15) is 0 Å². The monoisotopic (exact) mass is 286 g/mol. The minimum atomic E-state index is -0.137. The van der Waals surface area contributed by atoms with E-state index in [1.807, 2.05) is 30.3 Å². The highest BCUT2D eigenvalue weighted by molar-refractivity contribution is 5.75. The van der Waals surface area contributed by atoms with E-state index in [0.717, 1.165) is 34.6 Å². The fraction of sp³-hybridized carbons (Fsp3) is 0.294. The van der Waals surface area contributed by atoms with Gasteiger partial charge in [-0.05, 0) is 29.3 Å². The predicted octanol–water partition coefficient (Wildman–Crippen LogP) is 2.67. The standard InChI is InChI=1S/C17H18O4/c1-19-16-5-3-4-14(17(16)20-2)11-6-7-15-12(8-11)9-13(10-18)21-15/h3-8,13,18H,9-10H2,1-2H3. The highest BCUT2D eigenvalue weighted by atomic mass is 16.5. The molecule has 0 fully saturated rings. The first-order valence-corrected chi connectivity index (χ1v) is 6.88. The number of benzene rings is 2. The lowest BCUT2D eigenvalue weighted by Gasteiger charge is -2.13. The first kappa shape index (κ1) is 13.8. The average Bonchev–Trinajstić information content (AvgIpc) is 2.96. The lowest BCUT2D eigenvalue weighted by molar-refractivity contribution is 0.134. The molecule has 21 heavy (non-hydrogen) atoms. The minimum absolute atomic E-state index is 0.0342. The Hall–Kier alpha value is -2.20. The summed E-state index contributed by atoms with van der Waals surface area (Å²) in [6.45, 7) is 0.0342. The van der Waals surface area contributed by atoms with Crippen molar-refractivity contribution in [3.63, 3.8) is 0 Å². The molecular weight excluding hydrogens is 268 g/mol. The molecule has 0 aromatic heterocycles. The Morgan fingerprint density at radius 3 is 2.76 bits per heavy atom. The summed E-state index contributed by atoms with van der Waals surface area (Å²) in [5.74, 6) is 2.28. The molecular formula is C17H18O4. The van der Waals surface area contributed by atoms with Gasteiger partial charge >= 0.3 is 0 Å². The summed E-state index contributed by atoms with van der Waals surface area (Å²) >= 11 is 0. The van der Waals surface area contributed by atoms with E-state index < -0.39 is 0 Å². The molecule has 110 valence electrons. The van der Waals surface area contributed by atoms with Gasteiger partial charge in [0.2, 0.25) is 0 Å². The Balaban J connectivity index is 2.03. The fourth-order valence-corrected chi connectivity index (χ4v) is 2.70. The van der Waals surface area contributed by atoms with Gasteiger partial charge in [0.05, 0.1) is 20.8 Å².